The molecule has 0 aliphatic carbocycles. The molecule has 1 aromatic heterocycles. The van der Waals surface area contributed by atoms with Crippen LogP contribution in [0.25, 0.3) is 11.3 Å². The first-order valence-corrected chi connectivity index (χ1v) is 11.0. The molecule has 33 heavy (non-hydrogen) atoms. The van der Waals surface area contributed by atoms with E-state index in [-0.39, 0.29) is 5.91 Å². The van der Waals surface area contributed by atoms with Gasteiger partial charge in [0.15, 0.2) is 0 Å². The van der Waals surface area contributed by atoms with Crippen molar-refractivity contribution >= 4 is 34.5 Å². The van der Waals surface area contributed by atoms with Crippen LogP contribution in [0, 0.1) is 0 Å². The molecule has 2 aliphatic rings. The number of likely N-dealkylation sites (tertiary alicyclic amines) is 1. The zero-order valence-corrected chi connectivity index (χ0v) is 18.4. The van der Waals surface area contributed by atoms with Crippen molar-refractivity contribution in [2.24, 2.45) is 0 Å². The Morgan fingerprint density at radius 3 is 2.58 bits per heavy atom. The van der Waals surface area contributed by atoms with Crippen LogP contribution >= 0.6 is 0 Å². The van der Waals surface area contributed by atoms with Gasteiger partial charge in [-0.3, -0.25) is 9.69 Å². The zero-order valence-electron chi connectivity index (χ0n) is 18.4. The molecule has 2 aromatic carbocycles. The van der Waals surface area contributed by atoms with Gasteiger partial charge in [0.2, 0.25) is 0 Å². The van der Waals surface area contributed by atoms with Gasteiger partial charge in [-0.15, -0.1) is 0 Å². The van der Waals surface area contributed by atoms with Crippen LogP contribution in [0.5, 0.6) is 0 Å². The second kappa shape index (κ2) is 8.96. The number of methoxy groups -OCH3 is 1. The highest BCUT2D eigenvalue weighted by atomic mass is 16.5. The fourth-order valence-electron chi connectivity index (χ4n) is 4.38. The Bertz CT molecular complexity index is 1210. The standard InChI is InChI=1S/C26H25N3O4/c1-32-26(31)18-6-9-22-21(14-18)23(25(30)28-22)24(19-10-13-33-16-19)27-20-7-4-17(5-8-20)15-29-11-2-3-12-29/h4-10,13-14,16,27H,2-3,11-12,15H2,1H3,(H,28,30)/b24-23-. The van der Waals surface area contributed by atoms with E-state index < -0.39 is 5.97 Å². The maximum absolute atomic E-state index is 13.0. The average molecular weight is 444 g/mol. The molecular formula is C26H25N3O4. The van der Waals surface area contributed by atoms with E-state index in [0.29, 0.717) is 28.1 Å². The molecule has 2 N–H and O–H groups in total. The third-order valence-corrected chi connectivity index (χ3v) is 6.07. The minimum atomic E-state index is -0.456. The number of hydrogen-bond donors (Lipinski definition) is 2. The lowest BCUT2D eigenvalue weighted by molar-refractivity contribution is -0.110. The molecule has 0 atom stereocenters. The quantitative estimate of drug-likeness (QED) is 0.428. The first kappa shape index (κ1) is 21.0. The number of carbonyl (C=O) groups excluding carboxylic acids is 2. The molecule has 0 saturated carbocycles. The molecule has 2 aliphatic heterocycles. The topological polar surface area (TPSA) is 83.8 Å². The first-order chi connectivity index (χ1) is 16.1. The number of furan rings is 1. The molecular weight excluding hydrogens is 418 g/mol. The number of nitrogens with one attached hydrogen (secondary N) is 2. The molecule has 7 heteroatoms. The highest BCUT2D eigenvalue weighted by molar-refractivity contribution is 6.37. The van der Waals surface area contributed by atoms with Crippen LogP contribution in [0.2, 0.25) is 0 Å². The van der Waals surface area contributed by atoms with E-state index in [4.69, 9.17) is 9.15 Å². The van der Waals surface area contributed by atoms with Crippen LogP contribution in [0.4, 0.5) is 11.4 Å². The predicted molar refractivity (Wildman–Crippen MR) is 127 cm³/mol. The lowest BCUT2D eigenvalue weighted by Gasteiger charge is -2.16. The van der Waals surface area contributed by atoms with Crippen LogP contribution in [-0.4, -0.2) is 37.0 Å². The summed E-state index contributed by atoms with van der Waals surface area (Å²) >= 11 is 0. The molecule has 0 unspecified atom stereocenters. The summed E-state index contributed by atoms with van der Waals surface area (Å²) in [7, 11) is 1.33. The van der Waals surface area contributed by atoms with Crippen molar-refractivity contribution in [2.75, 3.05) is 30.8 Å². The number of amides is 1. The summed E-state index contributed by atoms with van der Waals surface area (Å²) in [6.45, 7) is 3.25. The minimum absolute atomic E-state index is 0.249. The van der Waals surface area contributed by atoms with Gasteiger partial charge in [0, 0.05) is 29.0 Å². The Balaban J connectivity index is 1.50. The number of nitrogens with zero attached hydrogens (tertiary/aromatic N) is 1. The predicted octanol–water partition coefficient (Wildman–Crippen LogP) is 4.59. The Hall–Kier alpha value is -3.84. The normalized spacial score (nSPS) is 16.9. The van der Waals surface area contributed by atoms with E-state index in [9.17, 15) is 9.59 Å². The molecule has 1 amide bonds. The third kappa shape index (κ3) is 4.27. The number of benzene rings is 2. The summed E-state index contributed by atoms with van der Waals surface area (Å²) in [5.41, 5.74) is 5.55. The summed E-state index contributed by atoms with van der Waals surface area (Å²) < 4.78 is 10.2. The largest absolute Gasteiger partial charge is 0.472 e. The Kier molecular flexibility index (Phi) is 5.71. The molecule has 0 spiro atoms. The van der Waals surface area contributed by atoms with Crippen LogP contribution in [-0.2, 0) is 16.1 Å². The molecule has 5 rings (SSSR count). The van der Waals surface area contributed by atoms with Gasteiger partial charge in [0.25, 0.3) is 5.91 Å². The lowest BCUT2D eigenvalue weighted by Crippen LogP contribution is -2.18. The Morgan fingerprint density at radius 1 is 1.09 bits per heavy atom. The number of rotatable bonds is 6. The van der Waals surface area contributed by atoms with Crippen molar-refractivity contribution in [3.05, 3.63) is 83.3 Å². The average Bonchev–Trinajstić information content (AvgIpc) is 3.59. The summed E-state index contributed by atoms with van der Waals surface area (Å²) in [5.74, 6) is -0.704. The smallest absolute Gasteiger partial charge is 0.337 e. The van der Waals surface area contributed by atoms with Gasteiger partial charge in [-0.1, -0.05) is 12.1 Å². The monoisotopic (exact) mass is 443 g/mol. The molecule has 168 valence electrons. The van der Waals surface area contributed by atoms with Crippen molar-refractivity contribution in [1.82, 2.24) is 4.90 Å². The maximum Gasteiger partial charge on any atom is 0.337 e. The fourth-order valence-corrected chi connectivity index (χ4v) is 4.38. The third-order valence-electron chi connectivity index (χ3n) is 6.07. The van der Waals surface area contributed by atoms with E-state index in [1.54, 1.807) is 36.8 Å². The number of fused-ring (bicyclic) bond motifs is 1. The molecule has 0 radical (unpaired) electrons. The number of carbonyl (C=O) groups is 2. The van der Waals surface area contributed by atoms with E-state index in [1.807, 2.05) is 12.1 Å². The van der Waals surface area contributed by atoms with Gasteiger partial charge < -0.3 is 19.8 Å². The summed E-state index contributed by atoms with van der Waals surface area (Å²) in [4.78, 5) is 27.5. The first-order valence-electron chi connectivity index (χ1n) is 11.0. The van der Waals surface area contributed by atoms with Gasteiger partial charge >= 0.3 is 5.97 Å². The summed E-state index contributed by atoms with van der Waals surface area (Å²) in [6, 6.07) is 15.1. The van der Waals surface area contributed by atoms with E-state index in [2.05, 4.69) is 27.7 Å². The van der Waals surface area contributed by atoms with Gasteiger partial charge in [-0.25, -0.2) is 4.79 Å². The minimum Gasteiger partial charge on any atom is -0.472 e. The van der Waals surface area contributed by atoms with Crippen LogP contribution in [0.1, 0.15) is 39.9 Å². The molecule has 7 nitrogen and oxygen atoms in total. The van der Waals surface area contributed by atoms with Crippen molar-refractivity contribution in [2.45, 2.75) is 19.4 Å². The number of hydrogen-bond acceptors (Lipinski definition) is 6. The molecule has 1 saturated heterocycles. The second-order valence-corrected chi connectivity index (χ2v) is 8.27. The summed E-state index contributed by atoms with van der Waals surface area (Å²) in [5, 5.41) is 6.29. The van der Waals surface area contributed by atoms with Crippen molar-refractivity contribution < 1.29 is 18.7 Å². The van der Waals surface area contributed by atoms with Gasteiger partial charge in [-0.2, -0.15) is 0 Å². The van der Waals surface area contributed by atoms with Crippen LogP contribution < -0.4 is 10.6 Å². The van der Waals surface area contributed by atoms with Crippen LogP contribution in [0.15, 0.2) is 65.5 Å². The Morgan fingerprint density at radius 2 is 1.88 bits per heavy atom. The highest BCUT2D eigenvalue weighted by Crippen LogP contribution is 2.38. The SMILES string of the molecule is COC(=O)c1ccc2c(c1)/C(=C(/Nc1ccc(CN3CCCC3)cc1)c1ccoc1)C(=O)N2. The zero-order chi connectivity index (χ0) is 22.8. The number of anilines is 2. The van der Waals surface area contributed by atoms with Gasteiger partial charge in [0.05, 0.1) is 36.5 Å². The molecule has 0 bridgehead atoms. The van der Waals surface area contributed by atoms with Gasteiger partial charge in [0.1, 0.15) is 0 Å². The maximum atomic E-state index is 13.0. The summed E-state index contributed by atoms with van der Waals surface area (Å²) in [6.07, 6.45) is 5.69. The second-order valence-electron chi connectivity index (χ2n) is 8.27. The van der Waals surface area contributed by atoms with Crippen molar-refractivity contribution in [3.8, 4) is 0 Å². The van der Waals surface area contributed by atoms with Gasteiger partial charge in [-0.05, 0) is 67.9 Å². The highest BCUT2D eigenvalue weighted by Gasteiger charge is 2.30. The number of ether oxygens (including phenoxy) is 1. The van der Waals surface area contributed by atoms with Crippen LogP contribution in [0.3, 0.4) is 0 Å². The van der Waals surface area contributed by atoms with Crippen molar-refractivity contribution in [3.63, 3.8) is 0 Å². The lowest BCUT2D eigenvalue weighted by atomic mass is 9.99. The van der Waals surface area contributed by atoms with E-state index in [1.165, 1.54) is 25.5 Å². The van der Waals surface area contributed by atoms with E-state index in [0.717, 1.165) is 30.9 Å². The molecule has 3 aromatic rings. The Labute approximate surface area is 192 Å². The fraction of sp³-hybridized carbons (Fsp3) is 0.231. The van der Waals surface area contributed by atoms with E-state index >= 15 is 0 Å². The number of esters is 1. The van der Waals surface area contributed by atoms with Crippen molar-refractivity contribution in [1.29, 1.82) is 0 Å². The molecule has 1 fully saturated rings. The molecule has 3 heterocycles.